The van der Waals surface area contributed by atoms with Gasteiger partial charge in [0.05, 0.1) is 0 Å². The Hall–Kier alpha value is -1.09. The van der Waals surface area contributed by atoms with Gasteiger partial charge >= 0.3 is 0 Å². The largest absolute Gasteiger partial charge is 0.354 e. The van der Waals surface area contributed by atoms with Crippen LogP contribution in [0.5, 0.6) is 0 Å². The minimum absolute atomic E-state index is 0.608. The van der Waals surface area contributed by atoms with Gasteiger partial charge < -0.3 is 10.2 Å². The van der Waals surface area contributed by atoms with Gasteiger partial charge in [0, 0.05) is 31.9 Å². The van der Waals surface area contributed by atoms with Gasteiger partial charge in [0.1, 0.15) is 5.82 Å². The molecule has 0 saturated carbocycles. The van der Waals surface area contributed by atoms with E-state index < -0.39 is 0 Å². The molecule has 16 heavy (non-hydrogen) atoms. The van der Waals surface area contributed by atoms with E-state index in [1.807, 2.05) is 6.20 Å². The summed E-state index contributed by atoms with van der Waals surface area (Å²) in [4.78, 5) is 6.97. The molecule has 1 saturated heterocycles. The van der Waals surface area contributed by atoms with Crippen LogP contribution >= 0.6 is 0 Å². The number of nitrogens with zero attached hydrogens (tertiary/aromatic N) is 2. The van der Waals surface area contributed by atoms with Crippen LogP contribution in [0.4, 0.5) is 5.82 Å². The molecular formula is C13H21N3. The number of aryl methyl sites for hydroxylation is 2. The lowest BCUT2D eigenvalue weighted by molar-refractivity contribution is 0.444. The maximum absolute atomic E-state index is 4.57. The summed E-state index contributed by atoms with van der Waals surface area (Å²) in [5.74, 6) is 1.16. The van der Waals surface area contributed by atoms with E-state index in [2.05, 4.69) is 42.0 Å². The molecule has 1 N–H and O–H groups in total. The standard InChI is InChI=1S/C13H21N3/c1-4-12-9-16(6-5-14-12)13-11(3)7-10(2)8-15-13/h7-8,12,14H,4-6,9H2,1-3H3/t12-/m1/s1. The zero-order valence-corrected chi connectivity index (χ0v) is 10.5. The van der Waals surface area contributed by atoms with E-state index in [0.29, 0.717) is 6.04 Å². The van der Waals surface area contributed by atoms with E-state index in [9.17, 15) is 0 Å². The lowest BCUT2D eigenvalue weighted by atomic mass is 10.1. The molecular weight excluding hydrogens is 198 g/mol. The first kappa shape index (κ1) is 11.4. The van der Waals surface area contributed by atoms with Crippen LogP contribution in [0.1, 0.15) is 24.5 Å². The van der Waals surface area contributed by atoms with Gasteiger partial charge in [-0.2, -0.15) is 0 Å². The quantitative estimate of drug-likeness (QED) is 0.823. The van der Waals surface area contributed by atoms with E-state index in [1.54, 1.807) is 0 Å². The van der Waals surface area contributed by atoms with Crippen molar-refractivity contribution in [3.8, 4) is 0 Å². The number of hydrogen-bond acceptors (Lipinski definition) is 3. The number of hydrogen-bond donors (Lipinski definition) is 1. The van der Waals surface area contributed by atoms with E-state index in [4.69, 9.17) is 0 Å². The Morgan fingerprint density at radius 3 is 3.00 bits per heavy atom. The Kier molecular flexibility index (Phi) is 3.44. The Labute approximate surface area is 97.9 Å². The van der Waals surface area contributed by atoms with Crippen LogP contribution < -0.4 is 10.2 Å². The third-order valence-corrected chi connectivity index (χ3v) is 3.24. The summed E-state index contributed by atoms with van der Waals surface area (Å²) in [7, 11) is 0. The fourth-order valence-electron chi connectivity index (χ4n) is 2.33. The van der Waals surface area contributed by atoms with Crippen molar-refractivity contribution in [2.75, 3.05) is 24.5 Å². The first-order chi connectivity index (χ1) is 7.70. The topological polar surface area (TPSA) is 28.2 Å². The van der Waals surface area contributed by atoms with Gasteiger partial charge in [0.25, 0.3) is 0 Å². The first-order valence-corrected chi connectivity index (χ1v) is 6.12. The number of pyridine rings is 1. The van der Waals surface area contributed by atoms with Crippen molar-refractivity contribution >= 4 is 5.82 Å². The van der Waals surface area contributed by atoms with Crippen LogP contribution in [-0.2, 0) is 0 Å². The molecule has 0 amide bonds. The van der Waals surface area contributed by atoms with Gasteiger partial charge in [-0.05, 0) is 31.4 Å². The predicted octanol–water partition coefficient (Wildman–Crippen LogP) is 1.89. The molecule has 3 nitrogen and oxygen atoms in total. The molecule has 1 aromatic heterocycles. The molecule has 2 heterocycles. The van der Waals surface area contributed by atoms with Crippen LogP contribution in [-0.4, -0.2) is 30.7 Å². The summed E-state index contributed by atoms with van der Waals surface area (Å²) in [5.41, 5.74) is 2.53. The maximum atomic E-state index is 4.57. The Morgan fingerprint density at radius 1 is 1.50 bits per heavy atom. The maximum Gasteiger partial charge on any atom is 0.131 e. The van der Waals surface area contributed by atoms with Crippen molar-refractivity contribution in [1.82, 2.24) is 10.3 Å². The minimum atomic E-state index is 0.608. The van der Waals surface area contributed by atoms with Gasteiger partial charge in [-0.15, -0.1) is 0 Å². The minimum Gasteiger partial charge on any atom is -0.354 e. The molecule has 1 aromatic rings. The molecule has 0 radical (unpaired) electrons. The Balaban J connectivity index is 2.16. The Morgan fingerprint density at radius 2 is 2.31 bits per heavy atom. The van der Waals surface area contributed by atoms with Gasteiger partial charge in [-0.1, -0.05) is 13.0 Å². The molecule has 1 atom stereocenters. The van der Waals surface area contributed by atoms with Crippen molar-refractivity contribution < 1.29 is 0 Å². The van der Waals surface area contributed by atoms with Crippen molar-refractivity contribution in [3.05, 3.63) is 23.4 Å². The zero-order valence-electron chi connectivity index (χ0n) is 10.5. The molecule has 0 aliphatic carbocycles. The second-order valence-corrected chi connectivity index (χ2v) is 4.66. The van der Waals surface area contributed by atoms with Crippen LogP contribution in [0.25, 0.3) is 0 Å². The highest BCUT2D eigenvalue weighted by Gasteiger charge is 2.19. The number of nitrogens with one attached hydrogen (secondary N) is 1. The van der Waals surface area contributed by atoms with Crippen LogP contribution in [0, 0.1) is 13.8 Å². The van der Waals surface area contributed by atoms with Crippen LogP contribution in [0.2, 0.25) is 0 Å². The number of aromatic nitrogens is 1. The fraction of sp³-hybridized carbons (Fsp3) is 0.615. The van der Waals surface area contributed by atoms with Gasteiger partial charge in [-0.3, -0.25) is 0 Å². The van der Waals surface area contributed by atoms with Crippen molar-refractivity contribution in [1.29, 1.82) is 0 Å². The highest BCUT2D eigenvalue weighted by molar-refractivity contribution is 5.47. The summed E-state index contributed by atoms with van der Waals surface area (Å²) >= 11 is 0. The van der Waals surface area contributed by atoms with Crippen LogP contribution in [0.3, 0.4) is 0 Å². The summed E-state index contributed by atoms with van der Waals surface area (Å²) in [6.45, 7) is 9.68. The summed E-state index contributed by atoms with van der Waals surface area (Å²) in [5, 5.41) is 3.53. The van der Waals surface area contributed by atoms with Gasteiger partial charge in [-0.25, -0.2) is 4.98 Å². The monoisotopic (exact) mass is 219 g/mol. The summed E-state index contributed by atoms with van der Waals surface area (Å²) in [6.07, 6.45) is 3.15. The molecule has 1 aliphatic heterocycles. The van der Waals surface area contributed by atoms with Gasteiger partial charge in [0.2, 0.25) is 0 Å². The third-order valence-electron chi connectivity index (χ3n) is 3.24. The summed E-state index contributed by atoms with van der Waals surface area (Å²) < 4.78 is 0. The lowest BCUT2D eigenvalue weighted by Crippen LogP contribution is -2.50. The lowest BCUT2D eigenvalue weighted by Gasteiger charge is -2.34. The predicted molar refractivity (Wildman–Crippen MR) is 68.0 cm³/mol. The molecule has 88 valence electrons. The highest BCUT2D eigenvalue weighted by Crippen LogP contribution is 2.19. The smallest absolute Gasteiger partial charge is 0.131 e. The molecule has 0 unspecified atom stereocenters. The molecule has 2 rings (SSSR count). The first-order valence-electron chi connectivity index (χ1n) is 6.12. The average molecular weight is 219 g/mol. The fourth-order valence-corrected chi connectivity index (χ4v) is 2.33. The van der Waals surface area contributed by atoms with E-state index in [1.165, 1.54) is 17.5 Å². The highest BCUT2D eigenvalue weighted by atomic mass is 15.2. The number of piperazine rings is 1. The second-order valence-electron chi connectivity index (χ2n) is 4.66. The van der Waals surface area contributed by atoms with E-state index >= 15 is 0 Å². The second kappa shape index (κ2) is 4.83. The number of anilines is 1. The summed E-state index contributed by atoms with van der Waals surface area (Å²) in [6, 6.07) is 2.82. The zero-order chi connectivity index (χ0) is 11.5. The van der Waals surface area contributed by atoms with Gasteiger partial charge in [0.15, 0.2) is 0 Å². The van der Waals surface area contributed by atoms with Crippen LogP contribution in [0.15, 0.2) is 12.3 Å². The SMILES string of the molecule is CC[C@@H]1CN(c2ncc(C)cc2C)CCN1. The third kappa shape index (κ3) is 2.35. The van der Waals surface area contributed by atoms with E-state index in [0.717, 1.165) is 25.5 Å². The molecule has 0 bridgehead atoms. The van der Waals surface area contributed by atoms with Crippen molar-refractivity contribution in [2.45, 2.75) is 33.2 Å². The van der Waals surface area contributed by atoms with Crippen molar-refractivity contribution in [2.24, 2.45) is 0 Å². The molecule has 0 aromatic carbocycles. The molecule has 3 heteroatoms. The number of rotatable bonds is 2. The molecule has 1 fully saturated rings. The molecule has 0 spiro atoms. The molecule has 1 aliphatic rings. The normalized spacial score (nSPS) is 21.2. The van der Waals surface area contributed by atoms with E-state index in [-0.39, 0.29) is 0 Å². The van der Waals surface area contributed by atoms with Crippen molar-refractivity contribution in [3.63, 3.8) is 0 Å². The average Bonchev–Trinajstić information content (AvgIpc) is 2.29. The Bertz CT molecular complexity index is 362.